The first-order valence-electron chi connectivity index (χ1n) is 8.33. The largest absolute Gasteiger partial charge is 0.494 e. The fraction of sp³-hybridized carbons (Fsp3) is 0.611. The minimum atomic E-state index is -0.901. The van der Waals surface area contributed by atoms with Gasteiger partial charge in [0, 0.05) is 5.56 Å². The summed E-state index contributed by atoms with van der Waals surface area (Å²) < 4.78 is 5.60. The van der Waals surface area contributed by atoms with Crippen LogP contribution in [0.25, 0.3) is 0 Å². The molecule has 2 atom stereocenters. The summed E-state index contributed by atoms with van der Waals surface area (Å²) in [6.45, 7) is 4.44. The number of ether oxygens (including phenoxy) is 1. The second-order valence-corrected chi connectivity index (χ2v) is 6.04. The Bertz CT molecular complexity index is 483. The smallest absolute Gasteiger partial charge is 0.249 e. The van der Waals surface area contributed by atoms with Gasteiger partial charge in [-0.2, -0.15) is 0 Å². The van der Waals surface area contributed by atoms with E-state index in [1.165, 1.54) is 6.42 Å². The number of carbonyl (C=O) groups is 1. The normalized spacial score (nSPS) is 18.5. The van der Waals surface area contributed by atoms with Crippen molar-refractivity contribution in [3.8, 4) is 5.75 Å². The zero-order valence-corrected chi connectivity index (χ0v) is 13.5. The molecule has 4 heteroatoms. The van der Waals surface area contributed by atoms with Crippen molar-refractivity contribution in [1.29, 1.82) is 0 Å². The molecule has 0 aliphatic heterocycles. The van der Waals surface area contributed by atoms with E-state index in [0.29, 0.717) is 6.61 Å². The molecule has 2 N–H and O–H groups in total. The van der Waals surface area contributed by atoms with E-state index in [4.69, 9.17) is 4.74 Å². The van der Waals surface area contributed by atoms with Crippen LogP contribution in [0.15, 0.2) is 24.3 Å². The molecule has 0 bridgehead atoms. The van der Waals surface area contributed by atoms with Gasteiger partial charge in [-0.25, -0.2) is 0 Å². The lowest BCUT2D eigenvalue weighted by Crippen LogP contribution is -2.41. The topological polar surface area (TPSA) is 58.6 Å². The molecular formula is C18H27NO3. The van der Waals surface area contributed by atoms with Crippen LogP contribution >= 0.6 is 0 Å². The molecule has 0 spiro atoms. The SMILES string of the molecule is CCOc1ccccc1C(C)NC(=O)C(O)C1CCCCC1. The van der Waals surface area contributed by atoms with Crippen molar-refractivity contribution in [3.63, 3.8) is 0 Å². The van der Waals surface area contributed by atoms with E-state index in [1.807, 2.05) is 38.1 Å². The number of aliphatic hydroxyl groups is 1. The molecule has 0 radical (unpaired) electrons. The number of aliphatic hydroxyl groups excluding tert-OH is 1. The van der Waals surface area contributed by atoms with Crippen molar-refractivity contribution in [3.05, 3.63) is 29.8 Å². The number of hydrogen-bond donors (Lipinski definition) is 2. The third kappa shape index (κ3) is 4.23. The highest BCUT2D eigenvalue weighted by Gasteiger charge is 2.28. The zero-order valence-electron chi connectivity index (χ0n) is 13.5. The molecule has 2 rings (SSSR count). The quantitative estimate of drug-likeness (QED) is 0.848. The van der Waals surface area contributed by atoms with Gasteiger partial charge in [0.25, 0.3) is 0 Å². The highest BCUT2D eigenvalue weighted by molar-refractivity contribution is 5.81. The van der Waals surface area contributed by atoms with Crippen LogP contribution in [-0.4, -0.2) is 23.7 Å². The first kappa shape index (κ1) is 16.8. The molecular weight excluding hydrogens is 278 g/mol. The average molecular weight is 305 g/mol. The van der Waals surface area contributed by atoms with Gasteiger partial charge in [0.15, 0.2) is 0 Å². The first-order chi connectivity index (χ1) is 10.6. The van der Waals surface area contributed by atoms with Crippen LogP contribution in [0.1, 0.15) is 57.6 Å². The van der Waals surface area contributed by atoms with E-state index in [-0.39, 0.29) is 17.9 Å². The van der Waals surface area contributed by atoms with Gasteiger partial charge in [-0.3, -0.25) is 4.79 Å². The number of para-hydroxylation sites is 1. The van der Waals surface area contributed by atoms with Gasteiger partial charge in [-0.1, -0.05) is 37.5 Å². The van der Waals surface area contributed by atoms with Gasteiger partial charge in [0.1, 0.15) is 11.9 Å². The number of rotatable bonds is 6. The number of nitrogens with one attached hydrogen (secondary N) is 1. The van der Waals surface area contributed by atoms with Gasteiger partial charge in [0.05, 0.1) is 12.6 Å². The van der Waals surface area contributed by atoms with Crippen molar-refractivity contribution in [2.24, 2.45) is 5.92 Å². The van der Waals surface area contributed by atoms with Crippen molar-refractivity contribution in [1.82, 2.24) is 5.32 Å². The maximum Gasteiger partial charge on any atom is 0.249 e. The van der Waals surface area contributed by atoms with Crippen molar-refractivity contribution in [2.45, 2.75) is 58.1 Å². The first-order valence-corrected chi connectivity index (χ1v) is 8.33. The Morgan fingerprint density at radius 2 is 2.00 bits per heavy atom. The van der Waals surface area contributed by atoms with E-state index < -0.39 is 6.10 Å². The molecule has 0 saturated heterocycles. The zero-order chi connectivity index (χ0) is 15.9. The highest BCUT2D eigenvalue weighted by atomic mass is 16.5. The lowest BCUT2D eigenvalue weighted by atomic mass is 9.85. The van der Waals surface area contributed by atoms with Crippen molar-refractivity contribution in [2.75, 3.05) is 6.61 Å². The van der Waals surface area contributed by atoms with E-state index in [1.54, 1.807) is 0 Å². The Labute approximate surface area is 132 Å². The summed E-state index contributed by atoms with van der Waals surface area (Å²) in [5.74, 6) is 0.610. The summed E-state index contributed by atoms with van der Waals surface area (Å²) in [4.78, 5) is 12.3. The Balaban J connectivity index is 1.98. The number of benzene rings is 1. The summed E-state index contributed by atoms with van der Waals surface area (Å²) in [6.07, 6.45) is 4.41. The predicted octanol–water partition coefficient (Wildman–Crippen LogP) is 3.20. The molecule has 1 saturated carbocycles. The molecule has 22 heavy (non-hydrogen) atoms. The average Bonchev–Trinajstić information content (AvgIpc) is 2.55. The molecule has 1 aliphatic rings. The van der Waals surface area contributed by atoms with Crippen LogP contribution in [0.2, 0.25) is 0 Å². The van der Waals surface area contributed by atoms with Crippen molar-refractivity contribution < 1.29 is 14.6 Å². The summed E-state index contributed by atoms with van der Waals surface area (Å²) in [6, 6.07) is 7.51. The summed E-state index contributed by atoms with van der Waals surface area (Å²) in [5, 5.41) is 13.2. The number of amides is 1. The van der Waals surface area contributed by atoms with Gasteiger partial charge < -0.3 is 15.2 Å². The molecule has 1 amide bonds. The Hall–Kier alpha value is -1.55. The predicted molar refractivity (Wildman–Crippen MR) is 86.8 cm³/mol. The highest BCUT2D eigenvalue weighted by Crippen LogP contribution is 2.28. The minimum absolute atomic E-state index is 0.100. The molecule has 1 aliphatic carbocycles. The van der Waals surface area contributed by atoms with E-state index in [9.17, 15) is 9.90 Å². The fourth-order valence-electron chi connectivity index (χ4n) is 3.17. The van der Waals surface area contributed by atoms with Crippen LogP contribution in [-0.2, 0) is 4.79 Å². The summed E-state index contributed by atoms with van der Waals surface area (Å²) >= 11 is 0. The van der Waals surface area contributed by atoms with Crippen LogP contribution < -0.4 is 10.1 Å². The van der Waals surface area contributed by atoms with Crippen LogP contribution in [0.4, 0.5) is 0 Å². The molecule has 1 aromatic rings. The third-order valence-corrected chi connectivity index (χ3v) is 4.41. The molecule has 4 nitrogen and oxygen atoms in total. The van der Waals surface area contributed by atoms with Crippen LogP contribution in [0.5, 0.6) is 5.75 Å². The van der Waals surface area contributed by atoms with Crippen LogP contribution in [0, 0.1) is 5.92 Å². The van der Waals surface area contributed by atoms with E-state index in [2.05, 4.69) is 5.32 Å². The molecule has 122 valence electrons. The third-order valence-electron chi connectivity index (χ3n) is 4.41. The maximum absolute atomic E-state index is 12.3. The molecule has 2 unspecified atom stereocenters. The van der Waals surface area contributed by atoms with Crippen molar-refractivity contribution >= 4 is 5.91 Å². The van der Waals surface area contributed by atoms with Gasteiger partial charge in [0.2, 0.25) is 5.91 Å². The monoisotopic (exact) mass is 305 g/mol. The lowest BCUT2D eigenvalue weighted by Gasteiger charge is -2.27. The number of carbonyl (C=O) groups excluding carboxylic acids is 1. The lowest BCUT2D eigenvalue weighted by molar-refractivity contribution is -0.133. The second kappa shape index (κ2) is 8.18. The summed E-state index contributed by atoms with van der Waals surface area (Å²) in [7, 11) is 0. The van der Waals surface area contributed by atoms with E-state index >= 15 is 0 Å². The number of hydrogen-bond acceptors (Lipinski definition) is 3. The standard InChI is InChI=1S/C18H27NO3/c1-3-22-16-12-8-7-11-15(16)13(2)19-18(21)17(20)14-9-5-4-6-10-14/h7-8,11-14,17,20H,3-6,9-10H2,1-2H3,(H,19,21). The second-order valence-electron chi connectivity index (χ2n) is 6.04. The van der Waals surface area contributed by atoms with Gasteiger partial charge in [-0.15, -0.1) is 0 Å². The Morgan fingerprint density at radius 3 is 2.68 bits per heavy atom. The maximum atomic E-state index is 12.3. The molecule has 0 heterocycles. The molecule has 1 fully saturated rings. The Kier molecular flexibility index (Phi) is 6.25. The fourth-order valence-corrected chi connectivity index (χ4v) is 3.17. The van der Waals surface area contributed by atoms with E-state index in [0.717, 1.165) is 37.0 Å². The Morgan fingerprint density at radius 1 is 1.32 bits per heavy atom. The minimum Gasteiger partial charge on any atom is -0.494 e. The molecule has 1 aromatic carbocycles. The van der Waals surface area contributed by atoms with Gasteiger partial charge in [-0.05, 0) is 38.7 Å². The molecule has 0 aromatic heterocycles. The van der Waals surface area contributed by atoms with Crippen LogP contribution in [0.3, 0.4) is 0 Å². The van der Waals surface area contributed by atoms with Gasteiger partial charge >= 0.3 is 0 Å². The summed E-state index contributed by atoms with van der Waals surface area (Å²) in [5.41, 5.74) is 0.938.